The molecule has 0 saturated heterocycles. The van der Waals surface area contributed by atoms with Crippen LogP contribution in [-0.4, -0.2) is 22.6 Å². The number of benzene rings is 3. The number of ether oxygens (including phenoxy) is 2. The summed E-state index contributed by atoms with van der Waals surface area (Å²) in [5.74, 6) is -0.726. The first-order chi connectivity index (χ1) is 14.2. The van der Waals surface area contributed by atoms with Crippen molar-refractivity contribution in [1.29, 1.82) is 0 Å². The largest absolute Gasteiger partial charge is 0.493 e. The van der Waals surface area contributed by atoms with Gasteiger partial charge in [-0.3, -0.25) is 4.72 Å². The van der Waals surface area contributed by atoms with Crippen LogP contribution < -0.4 is 14.2 Å². The molecule has 0 heterocycles. The Bertz CT molecular complexity index is 1160. The number of rotatable bonds is 7. The molecule has 3 aromatic rings. The van der Waals surface area contributed by atoms with E-state index in [1.54, 1.807) is 18.2 Å². The average Bonchev–Trinajstić information content (AvgIpc) is 2.72. The fourth-order valence-corrected chi connectivity index (χ4v) is 4.16. The Hall–Kier alpha value is -3.13. The van der Waals surface area contributed by atoms with Gasteiger partial charge in [-0.25, -0.2) is 17.2 Å². The quantitative estimate of drug-likeness (QED) is 0.588. The van der Waals surface area contributed by atoms with Gasteiger partial charge in [0.25, 0.3) is 10.0 Å². The Labute approximate surface area is 174 Å². The highest BCUT2D eigenvalue weighted by Gasteiger charge is 2.20. The van der Waals surface area contributed by atoms with Gasteiger partial charge in [-0.15, -0.1) is 0 Å². The van der Waals surface area contributed by atoms with Gasteiger partial charge in [0, 0.05) is 18.1 Å². The van der Waals surface area contributed by atoms with Gasteiger partial charge in [0.2, 0.25) is 0 Å². The van der Waals surface area contributed by atoms with E-state index in [2.05, 4.69) is 4.72 Å². The van der Waals surface area contributed by atoms with Gasteiger partial charge < -0.3 is 9.47 Å². The molecule has 0 unspecified atom stereocenters. The highest BCUT2D eigenvalue weighted by atomic mass is 32.2. The molecule has 3 rings (SSSR count). The normalized spacial score (nSPS) is 11.2. The summed E-state index contributed by atoms with van der Waals surface area (Å²) < 4.78 is 66.9. The Morgan fingerprint density at radius 2 is 1.57 bits per heavy atom. The Balaban J connectivity index is 1.99. The fourth-order valence-electron chi connectivity index (χ4n) is 3.05. The van der Waals surface area contributed by atoms with Crippen molar-refractivity contribution in [2.24, 2.45) is 0 Å². The van der Waals surface area contributed by atoms with E-state index in [1.807, 2.05) is 6.92 Å². The Morgan fingerprint density at radius 1 is 0.900 bits per heavy atom. The maximum atomic E-state index is 14.1. The van der Waals surface area contributed by atoms with Crippen LogP contribution in [-0.2, 0) is 16.4 Å². The minimum atomic E-state index is -3.99. The van der Waals surface area contributed by atoms with E-state index < -0.39 is 21.7 Å². The van der Waals surface area contributed by atoms with Gasteiger partial charge >= 0.3 is 0 Å². The number of nitrogens with one attached hydrogen (secondary N) is 1. The standard InChI is InChI=1S/C22H21F2NO4S/c1-14-7-9-20(15(11-14)12-17-18(23)5-4-6-19(17)24)25-30(26,27)16-8-10-21(28-2)22(13-16)29-3/h4-11,13,25H,12H2,1-3H3. The SMILES string of the molecule is COc1ccc(S(=O)(=O)Nc2ccc(C)cc2Cc2c(F)cccc2F)cc1OC. The predicted octanol–water partition coefficient (Wildman–Crippen LogP) is 4.68. The maximum Gasteiger partial charge on any atom is 0.262 e. The number of anilines is 1. The molecular formula is C22H21F2NO4S. The van der Waals surface area contributed by atoms with E-state index in [-0.39, 0.29) is 28.3 Å². The second-order valence-corrected chi connectivity index (χ2v) is 8.34. The second-order valence-electron chi connectivity index (χ2n) is 6.66. The van der Waals surface area contributed by atoms with Crippen molar-refractivity contribution in [1.82, 2.24) is 0 Å². The number of hydrogen-bond donors (Lipinski definition) is 1. The Morgan fingerprint density at radius 3 is 2.20 bits per heavy atom. The third-order valence-corrected chi connectivity index (χ3v) is 5.96. The lowest BCUT2D eigenvalue weighted by molar-refractivity contribution is 0.354. The van der Waals surface area contributed by atoms with Crippen molar-refractivity contribution in [3.05, 3.63) is 82.9 Å². The molecule has 0 fully saturated rings. The molecular weight excluding hydrogens is 412 g/mol. The third kappa shape index (κ3) is 4.54. The molecule has 0 aliphatic rings. The molecule has 5 nitrogen and oxygen atoms in total. The molecule has 0 radical (unpaired) electrons. The molecule has 0 spiro atoms. The average molecular weight is 433 g/mol. The number of methoxy groups -OCH3 is 2. The first-order valence-corrected chi connectivity index (χ1v) is 10.5. The molecule has 158 valence electrons. The van der Waals surface area contributed by atoms with Crippen molar-refractivity contribution in [3.63, 3.8) is 0 Å². The first kappa shape index (κ1) is 21.6. The predicted molar refractivity (Wildman–Crippen MR) is 111 cm³/mol. The van der Waals surface area contributed by atoms with Crippen LogP contribution in [0.15, 0.2) is 59.5 Å². The van der Waals surface area contributed by atoms with Crippen molar-refractivity contribution >= 4 is 15.7 Å². The van der Waals surface area contributed by atoms with E-state index in [0.717, 1.165) is 5.56 Å². The summed E-state index contributed by atoms with van der Waals surface area (Å²) in [4.78, 5) is -0.0382. The number of hydrogen-bond acceptors (Lipinski definition) is 4. The summed E-state index contributed by atoms with van der Waals surface area (Å²) in [5.41, 5.74) is 1.38. The van der Waals surface area contributed by atoms with Crippen LogP contribution in [0.25, 0.3) is 0 Å². The van der Waals surface area contributed by atoms with E-state index in [0.29, 0.717) is 11.3 Å². The number of halogens is 2. The van der Waals surface area contributed by atoms with Crippen LogP contribution in [0.5, 0.6) is 11.5 Å². The fraction of sp³-hybridized carbons (Fsp3) is 0.182. The molecule has 0 atom stereocenters. The van der Waals surface area contributed by atoms with Crippen LogP contribution >= 0.6 is 0 Å². The molecule has 3 aromatic carbocycles. The second kappa shape index (κ2) is 8.71. The van der Waals surface area contributed by atoms with E-state index in [1.165, 1.54) is 50.6 Å². The van der Waals surface area contributed by atoms with Gasteiger partial charge in [-0.05, 0) is 42.8 Å². The van der Waals surface area contributed by atoms with E-state index >= 15 is 0 Å². The Kier molecular flexibility index (Phi) is 6.26. The minimum absolute atomic E-state index is 0.0382. The third-order valence-electron chi connectivity index (χ3n) is 4.60. The molecule has 0 bridgehead atoms. The molecule has 8 heteroatoms. The van der Waals surface area contributed by atoms with Crippen molar-refractivity contribution in [2.75, 3.05) is 18.9 Å². The van der Waals surface area contributed by atoms with Crippen LogP contribution in [0.3, 0.4) is 0 Å². The monoisotopic (exact) mass is 433 g/mol. The molecule has 30 heavy (non-hydrogen) atoms. The maximum absolute atomic E-state index is 14.1. The van der Waals surface area contributed by atoms with Gasteiger partial charge in [-0.2, -0.15) is 0 Å². The highest BCUT2D eigenvalue weighted by molar-refractivity contribution is 7.92. The zero-order valence-electron chi connectivity index (χ0n) is 16.7. The van der Waals surface area contributed by atoms with Gasteiger partial charge in [0.15, 0.2) is 11.5 Å². The van der Waals surface area contributed by atoms with E-state index in [4.69, 9.17) is 9.47 Å². The molecule has 0 aliphatic heterocycles. The smallest absolute Gasteiger partial charge is 0.262 e. The molecule has 0 aromatic heterocycles. The minimum Gasteiger partial charge on any atom is -0.493 e. The zero-order chi connectivity index (χ0) is 21.9. The first-order valence-electron chi connectivity index (χ1n) is 9.02. The summed E-state index contributed by atoms with van der Waals surface area (Å²) in [6.07, 6.45) is -0.107. The highest BCUT2D eigenvalue weighted by Crippen LogP contribution is 2.31. The van der Waals surface area contributed by atoms with Gasteiger partial charge in [-0.1, -0.05) is 23.8 Å². The van der Waals surface area contributed by atoms with Crippen molar-refractivity contribution in [3.8, 4) is 11.5 Å². The summed E-state index contributed by atoms with van der Waals surface area (Å²) in [7, 11) is -1.14. The molecule has 0 amide bonds. The summed E-state index contributed by atoms with van der Waals surface area (Å²) in [6, 6.07) is 12.8. The molecule has 1 N–H and O–H groups in total. The summed E-state index contributed by atoms with van der Waals surface area (Å²) in [5, 5.41) is 0. The van der Waals surface area contributed by atoms with Crippen LogP contribution in [0.2, 0.25) is 0 Å². The lowest BCUT2D eigenvalue weighted by Crippen LogP contribution is -2.15. The number of aryl methyl sites for hydroxylation is 1. The summed E-state index contributed by atoms with van der Waals surface area (Å²) in [6.45, 7) is 1.81. The molecule has 0 saturated carbocycles. The van der Waals surface area contributed by atoms with Crippen LogP contribution in [0, 0.1) is 18.6 Å². The summed E-state index contributed by atoms with van der Waals surface area (Å²) >= 11 is 0. The van der Waals surface area contributed by atoms with Crippen molar-refractivity contribution in [2.45, 2.75) is 18.2 Å². The van der Waals surface area contributed by atoms with Gasteiger partial charge in [0.05, 0.1) is 24.8 Å². The van der Waals surface area contributed by atoms with Gasteiger partial charge in [0.1, 0.15) is 11.6 Å². The molecule has 0 aliphatic carbocycles. The van der Waals surface area contributed by atoms with Crippen LogP contribution in [0.1, 0.15) is 16.7 Å². The topological polar surface area (TPSA) is 64.6 Å². The van der Waals surface area contributed by atoms with Crippen LogP contribution in [0.4, 0.5) is 14.5 Å². The van der Waals surface area contributed by atoms with Crippen molar-refractivity contribution < 1.29 is 26.7 Å². The lowest BCUT2D eigenvalue weighted by Gasteiger charge is -2.15. The number of sulfonamides is 1. The lowest BCUT2D eigenvalue weighted by atomic mass is 10.0. The zero-order valence-corrected chi connectivity index (χ0v) is 17.5. The van der Waals surface area contributed by atoms with E-state index in [9.17, 15) is 17.2 Å².